The Morgan fingerprint density at radius 2 is 2.29 bits per heavy atom. The standard InChI is InChI=1S/C13H12ClNO2/c1-2-8-9-3-4-17-11-6-7(14)5-10(12(9)11)15-13(8)16/h5-6H,2-4H2,1H3,(H,15,16). The lowest BCUT2D eigenvalue weighted by Crippen LogP contribution is -2.20. The number of H-pyrrole nitrogens is 1. The van der Waals surface area contributed by atoms with Gasteiger partial charge in [-0.1, -0.05) is 18.5 Å². The Morgan fingerprint density at radius 3 is 3.06 bits per heavy atom. The second-order valence-corrected chi connectivity index (χ2v) is 4.63. The molecule has 1 aromatic carbocycles. The van der Waals surface area contributed by atoms with E-state index in [2.05, 4.69) is 4.98 Å². The number of benzene rings is 1. The van der Waals surface area contributed by atoms with Crippen molar-refractivity contribution in [1.82, 2.24) is 4.98 Å². The molecule has 17 heavy (non-hydrogen) atoms. The first-order chi connectivity index (χ1) is 8.20. The summed E-state index contributed by atoms with van der Waals surface area (Å²) in [7, 11) is 0. The van der Waals surface area contributed by atoms with Gasteiger partial charge in [0.05, 0.1) is 12.1 Å². The maximum absolute atomic E-state index is 12.0. The fourth-order valence-electron chi connectivity index (χ4n) is 2.50. The second kappa shape index (κ2) is 3.77. The zero-order chi connectivity index (χ0) is 12.0. The van der Waals surface area contributed by atoms with Crippen LogP contribution in [-0.4, -0.2) is 11.6 Å². The minimum Gasteiger partial charge on any atom is -0.492 e. The Balaban J connectivity index is 2.51. The molecule has 0 spiro atoms. The minimum atomic E-state index is -0.00915. The van der Waals surface area contributed by atoms with Crippen molar-refractivity contribution in [1.29, 1.82) is 0 Å². The van der Waals surface area contributed by atoms with Crippen molar-refractivity contribution in [3.8, 4) is 5.75 Å². The average molecular weight is 250 g/mol. The monoisotopic (exact) mass is 249 g/mol. The van der Waals surface area contributed by atoms with Gasteiger partial charge in [0, 0.05) is 22.4 Å². The Hall–Kier alpha value is -1.48. The molecule has 0 amide bonds. The van der Waals surface area contributed by atoms with Gasteiger partial charge in [-0.2, -0.15) is 0 Å². The number of hydrogen-bond acceptors (Lipinski definition) is 2. The summed E-state index contributed by atoms with van der Waals surface area (Å²) in [5.41, 5.74) is 2.74. The van der Waals surface area contributed by atoms with Gasteiger partial charge in [0.1, 0.15) is 5.75 Å². The van der Waals surface area contributed by atoms with Crippen molar-refractivity contribution in [2.45, 2.75) is 19.8 Å². The number of hydrogen-bond donors (Lipinski definition) is 1. The molecule has 0 unspecified atom stereocenters. The van der Waals surface area contributed by atoms with Crippen LogP contribution in [0.25, 0.3) is 10.9 Å². The Bertz CT molecular complexity index is 660. The molecule has 0 aliphatic carbocycles. The van der Waals surface area contributed by atoms with Crippen molar-refractivity contribution in [3.63, 3.8) is 0 Å². The number of nitrogens with one attached hydrogen (secondary N) is 1. The van der Waals surface area contributed by atoms with Crippen molar-refractivity contribution in [2.75, 3.05) is 6.61 Å². The van der Waals surface area contributed by atoms with Crippen LogP contribution >= 0.6 is 11.6 Å². The van der Waals surface area contributed by atoms with E-state index < -0.39 is 0 Å². The van der Waals surface area contributed by atoms with Gasteiger partial charge in [0.15, 0.2) is 0 Å². The summed E-state index contributed by atoms with van der Waals surface area (Å²) in [4.78, 5) is 14.8. The molecule has 0 saturated heterocycles. The lowest BCUT2D eigenvalue weighted by molar-refractivity contribution is 0.317. The van der Waals surface area contributed by atoms with E-state index in [1.165, 1.54) is 0 Å². The van der Waals surface area contributed by atoms with Gasteiger partial charge in [-0.15, -0.1) is 0 Å². The highest BCUT2D eigenvalue weighted by molar-refractivity contribution is 6.31. The molecule has 88 valence electrons. The molecule has 0 radical (unpaired) electrons. The smallest absolute Gasteiger partial charge is 0.251 e. The molecule has 2 aromatic rings. The van der Waals surface area contributed by atoms with E-state index in [0.29, 0.717) is 11.6 Å². The second-order valence-electron chi connectivity index (χ2n) is 4.19. The van der Waals surface area contributed by atoms with E-state index in [4.69, 9.17) is 16.3 Å². The quantitative estimate of drug-likeness (QED) is 0.844. The van der Waals surface area contributed by atoms with E-state index in [-0.39, 0.29) is 5.56 Å². The third-order valence-corrected chi connectivity index (χ3v) is 3.44. The van der Waals surface area contributed by atoms with E-state index >= 15 is 0 Å². The van der Waals surface area contributed by atoms with Gasteiger partial charge >= 0.3 is 0 Å². The summed E-state index contributed by atoms with van der Waals surface area (Å²) in [5, 5.41) is 1.59. The molecule has 0 atom stereocenters. The summed E-state index contributed by atoms with van der Waals surface area (Å²) < 4.78 is 5.61. The molecule has 3 rings (SSSR count). The Labute approximate surface area is 103 Å². The van der Waals surface area contributed by atoms with Gasteiger partial charge in [-0.05, 0) is 24.1 Å². The minimum absolute atomic E-state index is 0.00915. The Kier molecular flexibility index (Phi) is 2.37. The van der Waals surface area contributed by atoms with Crippen LogP contribution in [0.15, 0.2) is 16.9 Å². The van der Waals surface area contributed by atoms with Gasteiger partial charge in [0.2, 0.25) is 0 Å². The summed E-state index contributed by atoms with van der Waals surface area (Å²) >= 11 is 6.00. The summed E-state index contributed by atoms with van der Waals surface area (Å²) in [6.07, 6.45) is 1.53. The van der Waals surface area contributed by atoms with E-state index in [1.807, 2.05) is 13.0 Å². The average Bonchev–Trinajstić information content (AvgIpc) is 2.28. The first-order valence-corrected chi connectivity index (χ1v) is 6.08. The first kappa shape index (κ1) is 10.7. The summed E-state index contributed by atoms with van der Waals surface area (Å²) in [6.45, 7) is 2.61. The Morgan fingerprint density at radius 1 is 1.47 bits per heavy atom. The highest BCUT2D eigenvalue weighted by atomic mass is 35.5. The number of ether oxygens (including phenoxy) is 1. The van der Waals surface area contributed by atoms with Crippen LogP contribution in [0.5, 0.6) is 5.75 Å². The predicted octanol–water partition coefficient (Wildman–Crippen LogP) is 2.68. The lowest BCUT2D eigenvalue weighted by atomic mass is 9.97. The molecule has 1 aromatic heterocycles. The topological polar surface area (TPSA) is 42.1 Å². The van der Waals surface area contributed by atoms with Crippen LogP contribution < -0.4 is 10.3 Å². The SMILES string of the molecule is CCc1c2c3c(cc(Cl)cc3[nH]c1=O)OCC2. The number of pyridine rings is 1. The zero-order valence-electron chi connectivity index (χ0n) is 9.47. The largest absolute Gasteiger partial charge is 0.492 e. The van der Waals surface area contributed by atoms with Crippen molar-refractivity contribution >= 4 is 22.5 Å². The normalized spacial score (nSPS) is 13.8. The van der Waals surface area contributed by atoms with Gasteiger partial charge < -0.3 is 9.72 Å². The summed E-state index contributed by atoms with van der Waals surface area (Å²) in [6, 6.07) is 3.59. The molecule has 0 bridgehead atoms. The number of halogens is 1. The van der Waals surface area contributed by atoms with Crippen molar-refractivity contribution < 1.29 is 4.74 Å². The lowest BCUT2D eigenvalue weighted by Gasteiger charge is -2.20. The molecule has 3 nitrogen and oxygen atoms in total. The maximum atomic E-state index is 12.0. The fraction of sp³-hybridized carbons (Fsp3) is 0.308. The van der Waals surface area contributed by atoms with Crippen LogP contribution in [0.4, 0.5) is 0 Å². The highest BCUT2D eigenvalue weighted by Crippen LogP contribution is 2.35. The summed E-state index contributed by atoms with van der Waals surface area (Å²) in [5.74, 6) is 0.778. The van der Waals surface area contributed by atoms with Crippen molar-refractivity contribution in [2.24, 2.45) is 0 Å². The van der Waals surface area contributed by atoms with Crippen LogP contribution in [0.3, 0.4) is 0 Å². The maximum Gasteiger partial charge on any atom is 0.251 e. The third kappa shape index (κ3) is 1.53. The fourth-order valence-corrected chi connectivity index (χ4v) is 2.71. The number of aromatic amines is 1. The third-order valence-electron chi connectivity index (χ3n) is 3.22. The number of aromatic nitrogens is 1. The zero-order valence-corrected chi connectivity index (χ0v) is 10.2. The number of rotatable bonds is 1. The predicted molar refractivity (Wildman–Crippen MR) is 68.2 cm³/mol. The molecule has 1 N–H and O–H groups in total. The molecule has 1 aliphatic rings. The van der Waals surface area contributed by atoms with Crippen LogP contribution in [0, 0.1) is 0 Å². The molecule has 2 heterocycles. The van der Waals surface area contributed by atoms with Crippen molar-refractivity contribution in [3.05, 3.63) is 38.6 Å². The van der Waals surface area contributed by atoms with Gasteiger partial charge in [0.25, 0.3) is 5.56 Å². The van der Waals surface area contributed by atoms with E-state index in [0.717, 1.165) is 40.6 Å². The van der Waals surface area contributed by atoms with E-state index in [9.17, 15) is 4.79 Å². The molecule has 0 saturated carbocycles. The van der Waals surface area contributed by atoms with E-state index in [1.54, 1.807) is 6.07 Å². The highest BCUT2D eigenvalue weighted by Gasteiger charge is 2.19. The van der Waals surface area contributed by atoms with Gasteiger partial charge in [-0.3, -0.25) is 4.79 Å². The van der Waals surface area contributed by atoms with Crippen LogP contribution in [0.1, 0.15) is 18.1 Å². The van der Waals surface area contributed by atoms with Crippen LogP contribution in [-0.2, 0) is 12.8 Å². The molecule has 1 aliphatic heterocycles. The molecular weight excluding hydrogens is 238 g/mol. The van der Waals surface area contributed by atoms with Gasteiger partial charge in [-0.25, -0.2) is 0 Å². The molecule has 0 fully saturated rings. The van der Waals surface area contributed by atoms with Crippen LogP contribution in [0.2, 0.25) is 5.02 Å². The molecular formula is C13H12ClNO2. The first-order valence-electron chi connectivity index (χ1n) is 5.70. The molecule has 4 heteroatoms.